The standard InChI is InChI=1S/C20H16/c1-2-8-16-15(7-1)17-9-3-5-13-11-12-14-6-4-10-18(16)20(14)19(13)17/h1-3,5,7-9,11-12,14H,4,6,10H2. The molecule has 0 N–H and O–H groups in total. The molecule has 0 saturated carbocycles. The van der Waals surface area contributed by atoms with Gasteiger partial charge in [-0.2, -0.15) is 0 Å². The molecule has 3 aromatic carbocycles. The van der Waals surface area contributed by atoms with Crippen LogP contribution in [0.3, 0.4) is 0 Å². The highest BCUT2D eigenvalue weighted by Crippen LogP contribution is 2.46. The van der Waals surface area contributed by atoms with Crippen molar-refractivity contribution in [2.45, 2.75) is 25.2 Å². The Morgan fingerprint density at radius 1 is 0.850 bits per heavy atom. The molecule has 5 rings (SSSR count). The highest BCUT2D eigenvalue weighted by Gasteiger charge is 2.26. The molecule has 0 saturated heterocycles. The zero-order valence-corrected chi connectivity index (χ0v) is 11.4. The molecule has 0 spiro atoms. The minimum atomic E-state index is 0.640. The molecular weight excluding hydrogens is 240 g/mol. The molecular formula is C20H16. The van der Waals surface area contributed by atoms with E-state index >= 15 is 0 Å². The average Bonchev–Trinajstić information content (AvgIpc) is 2.53. The van der Waals surface area contributed by atoms with Crippen LogP contribution in [-0.2, 0) is 6.42 Å². The highest BCUT2D eigenvalue weighted by molar-refractivity contribution is 6.14. The van der Waals surface area contributed by atoms with Gasteiger partial charge in [0.05, 0.1) is 0 Å². The molecule has 0 radical (unpaired) electrons. The summed E-state index contributed by atoms with van der Waals surface area (Å²) in [7, 11) is 0. The quantitative estimate of drug-likeness (QED) is 0.470. The first-order chi connectivity index (χ1) is 9.93. The largest absolute Gasteiger partial charge is 0.0764 e. The number of rotatable bonds is 0. The molecule has 3 aromatic rings. The van der Waals surface area contributed by atoms with E-state index in [-0.39, 0.29) is 0 Å². The van der Waals surface area contributed by atoms with Gasteiger partial charge in [0.15, 0.2) is 0 Å². The van der Waals surface area contributed by atoms with Crippen LogP contribution in [0.15, 0.2) is 48.5 Å². The maximum Gasteiger partial charge on any atom is 0.00307 e. The first-order valence-electron chi connectivity index (χ1n) is 7.58. The molecule has 1 unspecified atom stereocenters. The van der Waals surface area contributed by atoms with Gasteiger partial charge in [-0.15, -0.1) is 0 Å². The lowest BCUT2D eigenvalue weighted by Crippen LogP contribution is -2.12. The Hall–Kier alpha value is -2.08. The van der Waals surface area contributed by atoms with Gasteiger partial charge in [-0.25, -0.2) is 0 Å². The number of aryl methyl sites for hydroxylation is 1. The van der Waals surface area contributed by atoms with Crippen molar-refractivity contribution in [3.05, 3.63) is 65.2 Å². The van der Waals surface area contributed by atoms with Crippen LogP contribution in [0.2, 0.25) is 0 Å². The van der Waals surface area contributed by atoms with Crippen LogP contribution < -0.4 is 0 Å². The van der Waals surface area contributed by atoms with Crippen LogP contribution in [0.1, 0.15) is 35.4 Å². The maximum absolute atomic E-state index is 2.43. The second kappa shape index (κ2) is 3.73. The summed E-state index contributed by atoms with van der Waals surface area (Å²) in [6.45, 7) is 0. The smallest absolute Gasteiger partial charge is 0.00307 e. The van der Waals surface area contributed by atoms with Crippen LogP contribution in [-0.4, -0.2) is 0 Å². The zero-order chi connectivity index (χ0) is 13.1. The van der Waals surface area contributed by atoms with Crippen molar-refractivity contribution in [3.63, 3.8) is 0 Å². The van der Waals surface area contributed by atoms with Gasteiger partial charge in [0.25, 0.3) is 0 Å². The van der Waals surface area contributed by atoms with Crippen molar-refractivity contribution < 1.29 is 0 Å². The normalized spacial score (nSPS) is 19.7. The Kier molecular flexibility index (Phi) is 1.99. The monoisotopic (exact) mass is 256 g/mol. The van der Waals surface area contributed by atoms with Gasteiger partial charge in [-0.3, -0.25) is 0 Å². The summed E-state index contributed by atoms with van der Waals surface area (Å²) in [5.41, 5.74) is 4.65. The number of fused-ring (bicyclic) bond motifs is 3. The Bertz CT molecular complexity index is 883. The Labute approximate surface area is 118 Å². The molecule has 0 aliphatic heterocycles. The third-order valence-electron chi connectivity index (χ3n) is 5.05. The van der Waals surface area contributed by atoms with Crippen LogP contribution in [0.25, 0.3) is 27.6 Å². The van der Waals surface area contributed by atoms with E-state index in [1.54, 1.807) is 11.1 Å². The summed E-state index contributed by atoms with van der Waals surface area (Å²) < 4.78 is 0. The molecule has 0 nitrogen and oxygen atoms in total. The average molecular weight is 256 g/mol. The number of benzene rings is 3. The zero-order valence-electron chi connectivity index (χ0n) is 11.4. The van der Waals surface area contributed by atoms with E-state index in [2.05, 4.69) is 54.6 Å². The molecule has 0 aromatic heterocycles. The van der Waals surface area contributed by atoms with E-state index in [4.69, 9.17) is 0 Å². The molecule has 1 atom stereocenters. The molecule has 0 heterocycles. The first-order valence-corrected chi connectivity index (χ1v) is 7.58. The van der Waals surface area contributed by atoms with Gasteiger partial charge in [0.2, 0.25) is 0 Å². The van der Waals surface area contributed by atoms with Gasteiger partial charge < -0.3 is 0 Å². The fraction of sp³-hybridized carbons (Fsp3) is 0.200. The van der Waals surface area contributed by atoms with Crippen LogP contribution in [0.5, 0.6) is 0 Å². The first kappa shape index (κ1) is 10.7. The maximum atomic E-state index is 2.43. The van der Waals surface area contributed by atoms with E-state index in [1.807, 2.05) is 0 Å². The molecule has 20 heavy (non-hydrogen) atoms. The lowest BCUT2D eigenvalue weighted by Gasteiger charge is -2.30. The Balaban J connectivity index is 2.12. The predicted molar refractivity (Wildman–Crippen MR) is 86.2 cm³/mol. The van der Waals surface area contributed by atoms with Gasteiger partial charge in [-0.1, -0.05) is 54.6 Å². The molecule has 0 fully saturated rings. The SMILES string of the molecule is C1=CC2CCCc3c2c2c1cccc2c1ccccc31. The lowest BCUT2D eigenvalue weighted by atomic mass is 9.74. The molecule has 96 valence electrons. The fourth-order valence-corrected chi connectivity index (χ4v) is 4.25. The van der Waals surface area contributed by atoms with Crippen molar-refractivity contribution in [2.24, 2.45) is 0 Å². The second-order valence-corrected chi connectivity index (χ2v) is 6.07. The van der Waals surface area contributed by atoms with Crippen LogP contribution >= 0.6 is 0 Å². The third-order valence-corrected chi connectivity index (χ3v) is 5.05. The van der Waals surface area contributed by atoms with Crippen molar-refractivity contribution in [3.8, 4) is 0 Å². The summed E-state index contributed by atoms with van der Waals surface area (Å²) in [5.74, 6) is 0.640. The number of allylic oxidation sites excluding steroid dienone is 1. The minimum Gasteiger partial charge on any atom is -0.0764 e. The minimum absolute atomic E-state index is 0.640. The third kappa shape index (κ3) is 1.22. The number of hydrogen-bond acceptors (Lipinski definition) is 0. The van der Waals surface area contributed by atoms with Crippen molar-refractivity contribution >= 4 is 27.6 Å². The lowest BCUT2D eigenvalue weighted by molar-refractivity contribution is 0.637. The fourth-order valence-electron chi connectivity index (χ4n) is 4.25. The molecule has 2 aliphatic carbocycles. The van der Waals surface area contributed by atoms with Crippen molar-refractivity contribution in [2.75, 3.05) is 0 Å². The summed E-state index contributed by atoms with van der Waals surface area (Å²) >= 11 is 0. The number of hydrogen-bond donors (Lipinski definition) is 0. The Morgan fingerprint density at radius 2 is 1.70 bits per heavy atom. The van der Waals surface area contributed by atoms with Crippen LogP contribution in [0.4, 0.5) is 0 Å². The van der Waals surface area contributed by atoms with Gasteiger partial charge in [-0.05, 0) is 57.5 Å². The molecule has 2 aliphatic rings. The summed E-state index contributed by atoms with van der Waals surface area (Å²) in [6.07, 6.45) is 8.63. The van der Waals surface area contributed by atoms with Gasteiger partial charge in [0, 0.05) is 5.92 Å². The topological polar surface area (TPSA) is 0 Å². The Morgan fingerprint density at radius 3 is 2.65 bits per heavy atom. The molecule has 0 heteroatoms. The summed E-state index contributed by atoms with van der Waals surface area (Å²) in [6, 6.07) is 15.7. The predicted octanol–water partition coefficient (Wildman–Crippen LogP) is 5.44. The van der Waals surface area contributed by atoms with E-state index < -0.39 is 0 Å². The van der Waals surface area contributed by atoms with Gasteiger partial charge in [0.1, 0.15) is 0 Å². The summed E-state index contributed by atoms with van der Waals surface area (Å²) in [4.78, 5) is 0. The summed E-state index contributed by atoms with van der Waals surface area (Å²) in [5, 5.41) is 5.87. The second-order valence-electron chi connectivity index (χ2n) is 6.07. The van der Waals surface area contributed by atoms with Crippen molar-refractivity contribution in [1.29, 1.82) is 0 Å². The molecule has 0 bridgehead atoms. The molecule has 0 amide bonds. The van der Waals surface area contributed by atoms with Crippen molar-refractivity contribution in [1.82, 2.24) is 0 Å². The van der Waals surface area contributed by atoms with E-state index in [0.29, 0.717) is 5.92 Å². The van der Waals surface area contributed by atoms with Crippen LogP contribution in [0, 0.1) is 0 Å². The van der Waals surface area contributed by atoms with Gasteiger partial charge >= 0.3 is 0 Å². The van der Waals surface area contributed by atoms with E-state index in [9.17, 15) is 0 Å². The highest BCUT2D eigenvalue weighted by atomic mass is 14.3. The van der Waals surface area contributed by atoms with E-state index in [1.165, 1.54) is 46.4 Å². The van der Waals surface area contributed by atoms with E-state index in [0.717, 1.165) is 0 Å².